The Hall–Kier alpha value is -1.32. The summed E-state index contributed by atoms with van der Waals surface area (Å²) in [6.45, 7) is 5.19. The zero-order valence-corrected chi connectivity index (χ0v) is 10.7. The average Bonchev–Trinajstić information content (AvgIpc) is 2.28. The zero-order chi connectivity index (χ0) is 12.0. The fourth-order valence-corrected chi connectivity index (χ4v) is 1.59. The summed E-state index contributed by atoms with van der Waals surface area (Å²) in [7, 11) is 3.96. The van der Waals surface area contributed by atoms with Crippen LogP contribution in [0.15, 0.2) is 6.07 Å². The average molecular weight is 222 g/mol. The van der Waals surface area contributed by atoms with Crippen LogP contribution in [-0.2, 0) is 0 Å². The molecule has 90 valence electrons. The highest BCUT2D eigenvalue weighted by Crippen LogP contribution is 2.14. The van der Waals surface area contributed by atoms with Crippen molar-refractivity contribution in [1.82, 2.24) is 9.97 Å². The molecule has 1 rings (SSSR count). The van der Waals surface area contributed by atoms with E-state index < -0.39 is 0 Å². The van der Waals surface area contributed by atoms with Gasteiger partial charge in [0.2, 0.25) is 0 Å². The molecule has 1 heterocycles. The highest BCUT2D eigenvalue weighted by Gasteiger charge is 2.05. The Kier molecular flexibility index (Phi) is 5.02. The summed E-state index contributed by atoms with van der Waals surface area (Å²) in [4.78, 5) is 10.9. The molecule has 0 aliphatic carbocycles. The van der Waals surface area contributed by atoms with E-state index in [-0.39, 0.29) is 0 Å². The van der Waals surface area contributed by atoms with Gasteiger partial charge < -0.3 is 10.2 Å². The molecule has 16 heavy (non-hydrogen) atoms. The molecule has 4 nitrogen and oxygen atoms in total. The van der Waals surface area contributed by atoms with Crippen LogP contribution in [0.25, 0.3) is 0 Å². The van der Waals surface area contributed by atoms with E-state index in [1.807, 2.05) is 20.0 Å². The van der Waals surface area contributed by atoms with Crippen molar-refractivity contribution in [3.05, 3.63) is 11.9 Å². The third-order valence-corrected chi connectivity index (χ3v) is 2.57. The minimum Gasteiger partial charge on any atom is -0.373 e. The standard InChI is InChI=1S/C12H22N4/c1-5-6-7-8-16(4)12-9-11(13-3)14-10(2)15-12/h9H,5-8H2,1-4H3,(H,13,14,15). The Labute approximate surface area is 98.1 Å². The van der Waals surface area contributed by atoms with Crippen LogP contribution in [0, 0.1) is 6.92 Å². The van der Waals surface area contributed by atoms with Gasteiger partial charge in [-0.05, 0) is 13.3 Å². The quantitative estimate of drug-likeness (QED) is 0.751. The molecular formula is C12H22N4. The van der Waals surface area contributed by atoms with Gasteiger partial charge in [-0.2, -0.15) is 0 Å². The molecule has 0 amide bonds. The Balaban J connectivity index is 2.66. The van der Waals surface area contributed by atoms with Gasteiger partial charge in [0.15, 0.2) is 0 Å². The minimum absolute atomic E-state index is 0.809. The summed E-state index contributed by atoms with van der Waals surface area (Å²) in [5.74, 6) is 2.68. The van der Waals surface area contributed by atoms with E-state index in [2.05, 4.69) is 34.2 Å². The molecule has 0 bridgehead atoms. The molecule has 0 fully saturated rings. The summed E-state index contributed by atoms with van der Waals surface area (Å²) in [5.41, 5.74) is 0. The van der Waals surface area contributed by atoms with E-state index in [1.165, 1.54) is 19.3 Å². The minimum atomic E-state index is 0.809. The predicted molar refractivity (Wildman–Crippen MR) is 69.1 cm³/mol. The van der Waals surface area contributed by atoms with Crippen molar-refractivity contribution >= 4 is 11.6 Å². The van der Waals surface area contributed by atoms with Crippen LogP contribution in [0.2, 0.25) is 0 Å². The molecule has 0 saturated carbocycles. The van der Waals surface area contributed by atoms with Crippen molar-refractivity contribution < 1.29 is 0 Å². The second-order valence-electron chi connectivity index (χ2n) is 4.04. The summed E-state index contributed by atoms with van der Waals surface area (Å²) >= 11 is 0. The molecule has 0 unspecified atom stereocenters. The van der Waals surface area contributed by atoms with Gasteiger partial charge in [-0.25, -0.2) is 9.97 Å². The van der Waals surface area contributed by atoms with Crippen LogP contribution >= 0.6 is 0 Å². The molecule has 1 aromatic rings. The maximum absolute atomic E-state index is 4.44. The van der Waals surface area contributed by atoms with Crippen LogP contribution < -0.4 is 10.2 Å². The maximum atomic E-state index is 4.44. The lowest BCUT2D eigenvalue weighted by molar-refractivity contribution is 0.700. The second kappa shape index (κ2) is 6.30. The lowest BCUT2D eigenvalue weighted by Crippen LogP contribution is -2.20. The summed E-state index contributed by atoms with van der Waals surface area (Å²) in [6, 6.07) is 1.99. The first-order valence-electron chi connectivity index (χ1n) is 5.92. The van der Waals surface area contributed by atoms with Gasteiger partial charge in [0.25, 0.3) is 0 Å². The predicted octanol–water partition coefficient (Wildman–Crippen LogP) is 2.45. The Morgan fingerprint density at radius 1 is 1.31 bits per heavy atom. The molecule has 0 spiro atoms. The maximum Gasteiger partial charge on any atom is 0.134 e. The first-order chi connectivity index (χ1) is 7.67. The number of anilines is 2. The van der Waals surface area contributed by atoms with E-state index in [9.17, 15) is 0 Å². The van der Waals surface area contributed by atoms with Crippen molar-refractivity contribution in [2.75, 3.05) is 30.9 Å². The van der Waals surface area contributed by atoms with Crippen LogP contribution in [0.3, 0.4) is 0 Å². The van der Waals surface area contributed by atoms with Crippen molar-refractivity contribution in [2.45, 2.75) is 33.1 Å². The highest BCUT2D eigenvalue weighted by atomic mass is 15.2. The van der Waals surface area contributed by atoms with Gasteiger partial charge in [-0.15, -0.1) is 0 Å². The molecule has 4 heteroatoms. The molecule has 0 aliphatic rings. The molecule has 0 saturated heterocycles. The van der Waals surface area contributed by atoms with Gasteiger partial charge in [0.05, 0.1) is 0 Å². The SMILES string of the molecule is CCCCCN(C)c1cc(NC)nc(C)n1. The third kappa shape index (κ3) is 3.68. The summed E-state index contributed by atoms with van der Waals surface area (Å²) in [5, 5.41) is 3.05. The normalized spacial score (nSPS) is 10.2. The van der Waals surface area contributed by atoms with Gasteiger partial charge in [0, 0.05) is 26.7 Å². The molecule has 0 aliphatic heterocycles. The number of aromatic nitrogens is 2. The van der Waals surface area contributed by atoms with E-state index in [1.54, 1.807) is 0 Å². The number of nitrogens with one attached hydrogen (secondary N) is 1. The van der Waals surface area contributed by atoms with Crippen molar-refractivity contribution in [3.63, 3.8) is 0 Å². The zero-order valence-electron chi connectivity index (χ0n) is 10.7. The smallest absolute Gasteiger partial charge is 0.134 e. The van der Waals surface area contributed by atoms with Gasteiger partial charge in [-0.3, -0.25) is 0 Å². The largest absolute Gasteiger partial charge is 0.373 e. The molecule has 1 aromatic heterocycles. The fourth-order valence-electron chi connectivity index (χ4n) is 1.59. The Morgan fingerprint density at radius 2 is 2.06 bits per heavy atom. The molecule has 0 aromatic carbocycles. The van der Waals surface area contributed by atoms with E-state index in [0.717, 1.165) is 24.0 Å². The highest BCUT2D eigenvalue weighted by molar-refractivity contribution is 5.48. The van der Waals surface area contributed by atoms with E-state index >= 15 is 0 Å². The fraction of sp³-hybridized carbons (Fsp3) is 0.667. The van der Waals surface area contributed by atoms with Crippen LogP contribution in [0.5, 0.6) is 0 Å². The van der Waals surface area contributed by atoms with Crippen LogP contribution in [0.1, 0.15) is 32.0 Å². The number of aryl methyl sites for hydroxylation is 1. The van der Waals surface area contributed by atoms with E-state index in [0.29, 0.717) is 0 Å². The number of hydrogen-bond donors (Lipinski definition) is 1. The van der Waals surface area contributed by atoms with Crippen LogP contribution in [0.4, 0.5) is 11.6 Å². The van der Waals surface area contributed by atoms with Gasteiger partial charge in [0.1, 0.15) is 17.5 Å². The summed E-state index contributed by atoms with van der Waals surface area (Å²) < 4.78 is 0. The number of rotatable bonds is 6. The van der Waals surface area contributed by atoms with Gasteiger partial charge in [-0.1, -0.05) is 19.8 Å². The van der Waals surface area contributed by atoms with Gasteiger partial charge >= 0.3 is 0 Å². The van der Waals surface area contributed by atoms with E-state index in [4.69, 9.17) is 0 Å². The number of unbranched alkanes of at least 4 members (excludes halogenated alkanes) is 2. The lowest BCUT2D eigenvalue weighted by atomic mass is 10.2. The van der Waals surface area contributed by atoms with Crippen molar-refractivity contribution in [3.8, 4) is 0 Å². The topological polar surface area (TPSA) is 41.0 Å². The summed E-state index contributed by atoms with van der Waals surface area (Å²) in [6.07, 6.45) is 3.73. The number of hydrogen-bond acceptors (Lipinski definition) is 4. The second-order valence-corrected chi connectivity index (χ2v) is 4.04. The monoisotopic (exact) mass is 222 g/mol. The number of nitrogens with zero attached hydrogens (tertiary/aromatic N) is 3. The molecular weight excluding hydrogens is 200 g/mol. The lowest BCUT2D eigenvalue weighted by Gasteiger charge is -2.18. The van der Waals surface area contributed by atoms with Crippen molar-refractivity contribution in [1.29, 1.82) is 0 Å². The first kappa shape index (κ1) is 12.7. The molecule has 0 radical (unpaired) electrons. The Morgan fingerprint density at radius 3 is 2.69 bits per heavy atom. The Bertz CT molecular complexity index is 325. The first-order valence-corrected chi connectivity index (χ1v) is 5.92. The van der Waals surface area contributed by atoms with Crippen molar-refractivity contribution in [2.24, 2.45) is 0 Å². The van der Waals surface area contributed by atoms with Crippen LogP contribution in [-0.4, -0.2) is 30.6 Å². The molecule has 0 atom stereocenters. The molecule has 1 N–H and O–H groups in total. The third-order valence-electron chi connectivity index (χ3n) is 2.57.